The van der Waals surface area contributed by atoms with Crippen molar-refractivity contribution in [2.45, 2.75) is 13.8 Å². The van der Waals surface area contributed by atoms with Gasteiger partial charge in [-0.05, 0) is 43.2 Å². The van der Waals surface area contributed by atoms with Crippen LogP contribution in [0, 0.1) is 13.8 Å². The van der Waals surface area contributed by atoms with E-state index in [2.05, 4.69) is 9.97 Å². The number of methoxy groups -OCH3 is 1. The highest BCUT2D eigenvalue weighted by molar-refractivity contribution is 5.64. The third-order valence-corrected chi connectivity index (χ3v) is 2.66. The number of nitrogens with zero attached hydrogens (tertiary/aromatic N) is 2. The van der Waals surface area contributed by atoms with Gasteiger partial charge in [0.2, 0.25) is 0 Å². The number of benzene rings is 1. The Morgan fingerprint density at radius 1 is 1.18 bits per heavy atom. The number of aryl methyl sites for hydroxylation is 2. The summed E-state index contributed by atoms with van der Waals surface area (Å²) in [5.41, 5.74) is 8.77. The fourth-order valence-corrected chi connectivity index (χ4v) is 1.75. The Morgan fingerprint density at radius 2 is 1.94 bits per heavy atom. The molecule has 0 bridgehead atoms. The van der Waals surface area contributed by atoms with Crippen LogP contribution < -0.4 is 10.5 Å². The lowest BCUT2D eigenvalue weighted by Gasteiger charge is -2.10. The van der Waals surface area contributed by atoms with E-state index in [0.717, 1.165) is 22.4 Å². The summed E-state index contributed by atoms with van der Waals surface area (Å²) in [4.78, 5) is 8.46. The van der Waals surface area contributed by atoms with Crippen LogP contribution >= 0.6 is 0 Å². The predicted molar refractivity (Wildman–Crippen MR) is 67.9 cm³/mol. The normalized spacial score (nSPS) is 10.3. The lowest BCUT2D eigenvalue weighted by atomic mass is 10.0. The third kappa shape index (κ3) is 2.20. The minimum atomic E-state index is 0.475. The number of hydrogen-bond acceptors (Lipinski definition) is 4. The van der Waals surface area contributed by atoms with Crippen molar-refractivity contribution < 1.29 is 4.74 Å². The molecule has 0 unspecified atom stereocenters. The Morgan fingerprint density at radius 3 is 2.59 bits per heavy atom. The topological polar surface area (TPSA) is 61.0 Å². The molecule has 1 heterocycles. The molecular formula is C13H15N3O. The summed E-state index contributed by atoms with van der Waals surface area (Å²) in [5, 5.41) is 0. The van der Waals surface area contributed by atoms with Gasteiger partial charge in [-0.1, -0.05) is 0 Å². The van der Waals surface area contributed by atoms with E-state index in [1.165, 1.54) is 0 Å². The van der Waals surface area contributed by atoms with Crippen molar-refractivity contribution in [3.8, 4) is 17.1 Å². The number of nitrogens with two attached hydrogens (primary N) is 1. The first-order valence-corrected chi connectivity index (χ1v) is 5.36. The Balaban J connectivity index is 2.56. The van der Waals surface area contributed by atoms with Gasteiger partial charge in [0.1, 0.15) is 11.6 Å². The molecule has 0 atom stereocenters. The van der Waals surface area contributed by atoms with E-state index >= 15 is 0 Å². The first-order valence-electron chi connectivity index (χ1n) is 5.36. The van der Waals surface area contributed by atoms with Crippen LogP contribution in [0.15, 0.2) is 24.4 Å². The van der Waals surface area contributed by atoms with Crippen molar-refractivity contribution in [2.75, 3.05) is 12.8 Å². The second kappa shape index (κ2) is 4.41. The lowest BCUT2D eigenvalue weighted by molar-refractivity contribution is 0.411. The number of anilines is 1. The summed E-state index contributed by atoms with van der Waals surface area (Å²) in [7, 11) is 1.67. The van der Waals surface area contributed by atoms with Crippen LogP contribution in [0.25, 0.3) is 11.4 Å². The largest absolute Gasteiger partial charge is 0.496 e. The van der Waals surface area contributed by atoms with Gasteiger partial charge in [-0.25, -0.2) is 9.97 Å². The number of nitrogen functional groups attached to an aromatic ring is 1. The molecule has 0 spiro atoms. The van der Waals surface area contributed by atoms with Crippen molar-refractivity contribution in [3.63, 3.8) is 0 Å². The molecule has 0 amide bonds. The van der Waals surface area contributed by atoms with E-state index < -0.39 is 0 Å². The third-order valence-electron chi connectivity index (χ3n) is 2.66. The van der Waals surface area contributed by atoms with Gasteiger partial charge in [0, 0.05) is 11.8 Å². The maximum Gasteiger partial charge on any atom is 0.161 e. The van der Waals surface area contributed by atoms with E-state index in [1.54, 1.807) is 19.4 Å². The van der Waals surface area contributed by atoms with Crippen molar-refractivity contribution >= 4 is 5.82 Å². The van der Waals surface area contributed by atoms with Gasteiger partial charge < -0.3 is 10.5 Å². The fourth-order valence-electron chi connectivity index (χ4n) is 1.75. The van der Waals surface area contributed by atoms with Crippen LogP contribution in [0.1, 0.15) is 11.1 Å². The second-order valence-electron chi connectivity index (χ2n) is 3.94. The molecule has 2 rings (SSSR count). The molecule has 0 saturated carbocycles. The lowest BCUT2D eigenvalue weighted by Crippen LogP contribution is -1.97. The highest BCUT2D eigenvalue weighted by atomic mass is 16.5. The zero-order valence-electron chi connectivity index (χ0n) is 10.2. The van der Waals surface area contributed by atoms with E-state index in [0.29, 0.717) is 11.6 Å². The molecule has 0 radical (unpaired) electrons. The highest BCUT2D eigenvalue weighted by Crippen LogP contribution is 2.28. The smallest absolute Gasteiger partial charge is 0.161 e. The standard InChI is InChI=1S/C13H15N3O/c1-8-7-11(17-3)9(2)6-10(8)13-15-5-4-12(14)16-13/h4-7H,1-3H3,(H2,14,15,16). The SMILES string of the molecule is COc1cc(C)c(-c2nccc(N)n2)cc1C. The van der Waals surface area contributed by atoms with Crippen molar-refractivity contribution in [1.82, 2.24) is 9.97 Å². The number of hydrogen-bond donors (Lipinski definition) is 1. The minimum absolute atomic E-state index is 0.475. The summed E-state index contributed by atoms with van der Waals surface area (Å²) in [6.45, 7) is 4.00. The molecule has 0 aliphatic carbocycles. The van der Waals surface area contributed by atoms with Gasteiger partial charge >= 0.3 is 0 Å². The zero-order valence-corrected chi connectivity index (χ0v) is 10.2. The van der Waals surface area contributed by atoms with Crippen LogP contribution in [-0.2, 0) is 0 Å². The summed E-state index contributed by atoms with van der Waals surface area (Å²) < 4.78 is 5.27. The predicted octanol–water partition coefficient (Wildman–Crippen LogP) is 2.35. The van der Waals surface area contributed by atoms with Gasteiger partial charge in [-0.2, -0.15) is 0 Å². The van der Waals surface area contributed by atoms with Crippen LogP contribution in [0.3, 0.4) is 0 Å². The molecular weight excluding hydrogens is 214 g/mol. The molecule has 0 aliphatic heterocycles. The van der Waals surface area contributed by atoms with Gasteiger partial charge in [0.15, 0.2) is 5.82 Å². The number of rotatable bonds is 2. The van der Waals surface area contributed by atoms with Crippen molar-refractivity contribution in [1.29, 1.82) is 0 Å². The molecule has 1 aromatic heterocycles. The van der Waals surface area contributed by atoms with Crippen LogP contribution in [0.4, 0.5) is 5.82 Å². The van der Waals surface area contributed by atoms with Gasteiger partial charge in [0.05, 0.1) is 7.11 Å². The van der Waals surface area contributed by atoms with E-state index in [9.17, 15) is 0 Å². The number of aromatic nitrogens is 2. The maximum absolute atomic E-state index is 5.66. The monoisotopic (exact) mass is 229 g/mol. The van der Waals surface area contributed by atoms with Gasteiger partial charge in [-0.3, -0.25) is 0 Å². The molecule has 1 aromatic carbocycles. The Hall–Kier alpha value is -2.10. The molecule has 0 aliphatic rings. The van der Waals surface area contributed by atoms with Crippen molar-refractivity contribution in [2.24, 2.45) is 0 Å². The highest BCUT2D eigenvalue weighted by Gasteiger charge is 2.09. The summed E-state index contributed by atoms with van der Waals surface area (Å²) >= 11 is 0. The van der Waals surface area contributed by atoms with Crippen LogP contribution in [0.2, 0.25) is 0 Å². The van der Waals surface area contributed by atoms with E-state index in [-0.39, 0.29) is 0 Å². The zero-order chi connectivity index (χ0) is 12.4. The molecule has 4 nitrogen and oxygen atoms in total. The van der Waals surface area contributed by atoms with E-state index in [1.807, 2.05) is 26.0 Å². The second-order valence-corrected chi connectivity index (χ2v) is 3.94. The molecule has 0 fully saturated rings. The Labute approximate surface area is 100 Å². The average molecular weight is 229 g/mol. The van der Waals surface area contributed by atoms with Crippen LogP contribution in [0.5, 0.6) is 5.75 Å². The average Bonchev–Trinajstić information content (AvgIpc) is 2.31. The van der Waals surface area contributed by atoms with E-state index in [4.69, 9.17) is 10.5 Å². The maximum atomic E-state index is 5.66. The summed E-state index contributed by atoms with van der Waals surface area (Å²) in [5.74, 6) is 1.99. The molecule has 2 N–H and O–H groups in total. The Bertz CT molecular complexity index is 552. The molecule has 0 saturated heterocycles. The summed E-state index contributed by atoms with van der Waals surface area (Å²) in [6, 6.07) is 5.68. The Kier molecular flexibility index (Phi) is 2.95. The molecule has 4 heteroatoms. The minimum Gasteiger partial charge on any atom is -0.496 e. The molecule has 17 heavy (non-hydrogen) atoms. The van der Waals surface area contributed by atoms with Gasteiger partial charge in [-0.15, -0.1) is 0 Å². The fraction of sp³-hybridized carbons (Fsp3) is 0.231. The molecule has 88 valence electrons. The summed E-state index contributed by atoms with van der Waals surface area (Å²) in [6.07, 6.45) is 1.66. The number of ether oxygens (including phenoxy) is 1. The van der Waals surface area contributed by atoms with Gasteiger partial charge in [0.25, 0.3) is 0 Å². The first kappa shape index (κ1) is 11.4. The quantitative estimate of drug-likeness (QED) is 0.858. The molecule has 2 aromatic rings. The van der Waals surface area contributed by atoms with Crippen molar-refractivity contribution in [3.05, 3.63) is 35.5 Å². The first-order chi connectivity index (χ1) is 8.11. The van der Waals surface area contributed by atoms with Crippen LogP contribution in [-0.4, -0.2) is 17.1 Å².